The molecule has 6 nitrogen and oxygen atoms in total. The highest BCUT2D eigenvalue weighted by Gasteiger charge is 2.23. The van der Waals surface area contributed by atoms with E-state index in [1.807, 2.05) is 13.0 Å². The molecule has 7 heteroatoms. The fourth-order valence-electron chi connectivity index (χ4n) is 2.77. The quantitative estimate of drug-likeness (QED) is 0.896. The molecule has 126 valence electrons. The van der Waals surface area contributed by atoms with Gasteiger partial charge in [-0.1, -0.05) is 11.6 Å². The Morgan fingerprint density at radius 3 is 2.79 bits per heavy atom. The third kappa shape index (κ3) is 3.94. The van der Waals surface area contributed by atoms with Crippen molar-refractivity contribution in [2.24, 2.45) is 0 Å². The van der Waals surface area contributed by atoms with E-state index in [-0.39, 0.29) is 12.1 Å². The summed E-state index contributed by atoms with van der Waals surface area (Å²) in [7, 11) is 0. The minimum absolute atomic E-state index is 0.140. The minimum Gasteiger partial charge on any atom is -0.355 e. The van der Waals surface area contributed by atoms with Crippen molar-refractivity contribution in [2.75, 3.05) is 23.3 Å². The molecule has 0 radical (unpaired) electrons. The molecule has 24 heavy (non-hydrogen) atoms. The number of halogens is 1. The van der Waals surface area contributed by atoms with Crippen LogP contribution in [0, 0.1) is 6.92 Å². The van der Waals surface area contributed by atoms with Gasteiger partial charge >= 0.3 is 6.03 Å². The van der Waals surface area contributed by atoms with Crippen LogP contribution in [-0.4, -0.2) is 35.1 Å². The molecule has 1 fully saturated rings. The number of aromatic nitrogens is 2. The average molecular weight is 346 g/mol. The summed E-state index contributed by atoms with van der Waals surface area (Å²) in [5, 5.41) is 6.50. The Morgan fingerprint density at radius 2 is 2.08 bits per heavy atom. The van der Waals surface area contributed by atoms with Crippen LogP contribution in [0.15, 0.2) is 36.8 Å². The molecule has 2 N–H and O–H groups in total. The Morgan fingerprint density at radius 1 is 1.29 bits per heavy atom. The molecule has 3 rings (SSSR count). The SMILES string of the molecule is Cc1ccnc(N2CCC(NC(=O)Nc3cccnc3)CC2)c1Cl. The first-order chi connectivity index (χ1) is 11.6. The van der Waals surface area contributed by atoms with Crippen LogP contribution < -0.4 is 15.5 Å². The lowest BCUT2D eigenvalue weighted by molar-refractivity contribution is 0.246. The van der Waals surface area contributed by atoms with Crippen LogP contribution >= 0.6 is 11.6 Å². The minimum atomic E-state index is -0.201. The van der Waals surface area contributed by atoms with Crippen LogP contribution in [-0.2, 0) is 0 Å². The van der Waals surface area contributed by atoms with E-state index < -0.39 is 0 Å². The molecule has 0 aliphatic carbocycles. The predicted molar refractivity (Wildman–Crippen MR) is 95.6 cm³/mol. The molecular formula is C17H20ClN5O. The van der Waals surface area contributed by atoms with E-state index in [9.17, 15) is 4.79 Å². The summed E-state index contributed by atoms with van der Waals surface area (Å²) in [5.41, 5.74) is 1.71. The van der Waals surface area contributed by atoms with Gasteiger partial charge in [0.2, 0.25) is 0 Å². The second kappa shape index (κ2) is 7.49. The molecule has 0 unspecified atom stereocenters. The number of nitrogens with zero attached hydrogens (tertiary/aromatic N) is 3. The van der Waals surface area contributed by atoms with Gasteiger partial charge in [0.15, 0.2) is 0 Å². The molecule has 2 aromatic heterocycles. The number of rotatable bonds is 3. The monoisotopic (exact) mass is 345 g/mol. The zero-order valence-electron chi connectivity index (χ0n) is 13.5. The number of hydrogen-bond donors (Lipinski definition) is 2. The molecule has 1 aliphatic heterocycles. The molecular weight excluding hydrogens is 326 g/mol. The van der Waals surface area contributed by atoms with Crippen LogP contribution in [0.5, 0.6) is 0 Å². The fraction of sp³-hybridized carbons (Fsp3) is 0.353. The highest BCUT2D eigenvalue weighted by Crippen LogP contribution is 2.28. The van der Waals surface area contributed by atoms with Crippen molar-refractivity contribution >= 4 is 29.1 Å². The van der Waals surface area contributed by atoms with Crippen LogP contribution in [0.1, 0.15) is 18.4 Å². The highest BCUT2D eigenvalue weighted by atomic mass is 35.5. The number of pyridine rings is 2. The van der Waals surface area contributed by atoms with E-state index in [0.29, 0.717) is 10.7 Å². The third-order valence-electron chi connectivity index (χ3n) is 4.11. The number of carbonyl (C=O) groups is 1. The number of hydrogen-bond acceptors (Lipinski definition) is 4. The van der Waals surface area contributed by atoms with E-state index in [1.54, 1.807) is 30.7 Å². The van der Waals surface area contributed by atoms with Crippen molar-refractivity contribution in [3.8, 4) is 0 Å². The molecule has 1 saturated heterocycles. The third-order valence-corrected chi connectivity index (χ3v) is 4.58. The molecule has 3 heterocycles. The number of carbonyl (C=O) groups excluding carboxylic acids is 1. The standard InChI is InChI=1S/C17H20ClN5O/c1-12-4-8-20-16(15(12)18)23-9-5-13(6-10-23)21-17(24)22-14-3-2-7-19-11-14/h2-4,7-8,11,13H,5-6,9-10H2,1H3,(H2,21,22,24). The van der Waals surface area contributed by atoms with Gasteiger partial charge < -0.3 is 15.5 Å². The highest BCUT2D eigenvalue weighted by molar-refractivity contribution is 6.33. The van der Waals surface area contributed by atoms with Crippen molar-refractivity contribution in [3.05, 3.63) is 47.4 Å². The molecule has 2 aromatic rings. The van der Waals surface area contributed by atoms with E-state index in [2.05, 4.69) is 25.5 Å². The van der Waals surface area contributed by atoms with Crippen molar-refractivity contribution in [1.29, 1.82) is 0 Å². The van der Waals surface area contributed by atoms with Gasteiger partial charge in [0, 0.05) is 31.5 Å². The number of aryl methyl sites for hydroxylation is 1. The number of anilines is 2. The molecule has 0 bridgehead atoms. The Bertz CT molecular complexity index is 701. The summed E-state index contributed by atoms with van der Waals surface area (Å²) in [6.07, 6.45) is 6.78. The van der Waals surface area contributed by atoms with Gasteiger partial charge in [-0.25, -0.2) is 9.78 Å². The zero-order chi connectivity index (χ0) is 16.9. The summed E-state index contributed by atoms with van der Waals surface area (Å²) in [5.74, 6) is 0.829. The van der Waals surface area contributed by atoms with E-state index in [1.165, 1.54) is 0 Å². The van der Waals surface area contributed by atoms with Crippen molar-refractivity contribution in [1.82, 2.24) is 15.3 Å². The molecule has 0 saturated carbocycles. The first-order valence-corrected chi connectivity index (χ1v) is 8.35. The maximum atomic E-state index is 12.0. The molecule has 2 amide bonds. The summed E-state index contributed by atoms with van der Waals surface area (Å²) < 4.78 is 0. The molecule has 0 aromatic carbocycles. The van der Waals surface area contributed by atoms with Gasteiger partial charge in [0.1, 0.15) is 5.82 Å². The Labute approximate surface area is 146 Å². The van der Waals surface area contributed by atoms with Crippen molar-refractivity contribution in [3.63, 3.8) is 0 Å². The first-order valence-electron chi connectivity index (χ1n) is 7.97. The van der Waals surface area contributed by atoms with Crippen molar-refractivity contribution in [2.45, 2.75) is 25.8 Å². The van der Waals surface area contributed by atoms with Gasteiger partial charge in [-0.15, -0.1) is 0 Å². The Balaban J connectivity index is 1.52. The smallest absolute Gasteiger partial charge is 0.319 e. The zero-order valence-corrected chi connectivity index (χ0v) is 14.3. The van der Waals surface area contributed by atoms with E-state index in [0.717, 1.165) is 37.3 Å². The van der Waals surface area contributed by atoms with Gasteiger partial charge in [0.05, 0.1) is 16.9 Å². The van der Waals surface area contributed by atoms with Gasteiger partial charge in [0.25, 0.3) is 0 Å². The van der Waals surface area contributed by atoms with Crippen molar-refractivity contribution < 1.29 is 4.79 Å². The fourth-order valence-corrected chi connectivity index (χ4v) is 3.00. The Kier molecular flexibility index (Phi) is 5.15. The normalized spacial score (nSPS) is 15.2. The van der Waals surface area contributed by atoms with Crippen LogP contribution in [0.4, 0.5) is 16.3 Å². The summed E-state index contributed by atoms with van der Waals surface area (Å²) in [6, 6.07) is 5.44. The van der Waals surface area contributed by atoms with E-state index in [4.69, 9.17) is 11.6 Å². The summed E-state index contributed by atoms with van der Waals surface area (Å²) in [4.78, 5) is 22.6. The largest absolute Gasteiger partial charge is 0.355 e. The lowest BCUT2D eigenvalue weighted by Crippen LogP contribution is -2.46. The molecule has 0 atom stereocenters. The second-order valence-corrected chi connectivity index (χ2v) is 6.24. The molecule has 1 aliphatic rings. The number of nitrogens with one attached hydrogen (secondary N) is 2. The summed E-state index contributed by atoms with van der Waals surface area (Å²) >= 11 is 6.35. The number of urea groups is 1. The van der Waals surface area contributed by atoms with Gasteiger partial charge in [-0.05, 0) is 43.5 Å². The maximum absolute atomic E-state index is 12.0. The topological polar surface area (TPSA) is 70.2 Å². The van der Waals surface area contributed by atoms with Crippen LogP contribution in [0.3, 0.4) is 0 Å². The van der Waals surface area contributed by atoms with Crippen LogP contribution in [0.2, 0.25) is 5.02 Å². The second-order valence-electron chi connectivity index (χ2n) is 5.87. The van der Waals surface area contributed by atoms with Gasteiger partial charge in [-0.2, -0.15) is 0 Å². The lowest BCUT2D eigenvalue weighted by Gasteiger charge is -2.33. The summed E-state index contributed by atoms with van der Waals surface area (Å²) in [6.45, 7) is 3.60. The predicted octanol–water partition coefficient (Wildman–Crippen LogP) is 3.23. The van der Waals surface area contributed by atoms with E-state index >= 15 is 0 Å². The van der Waals surface area contributed by atoms with Crippen LogP contribution in [0.25, 0.3) is 0 Å². The molecule has 0 spiro atoms. The Hall–Kier alpha value is -2.34. The average Bonchev–Trinajstić information content (AvgIpc) is 2.59. The van der Waals surface area contributed by atoms with Gasteiger partial charge in [-0.3, -0.25) is 4.98 Å². The number of amides is 2. The maximum Gasteiger partial charge on any atom is 0.319 e. The lowest BCUT2D eigenvalue weighted by atomic mass is 10.1. The number of piperidine rings is 1. The first kappa shape index (κ1) is 16.5.